The van der Waals surface area contributed by atoms with Crippen molar-refractivity contribution in [1.29, 1.82) is 0 Å². The monoisotopic (exact) mass is 375 g/mol. The number of furan rings is 1. The molecule has 1 saturated carbocycles. The van der Waals surface area contributed by atoms with Crippen LogP contribution in [0.5, 0.6) is 0 Å². The van der Waals surface area contributed by atoms with E-state index in [0.717, 1.165) is 54.0 Å². The molecule has 0 bridgehead atoms. The van der Waals surface area contributed by atoms with Gasteiger partial charge in [0.05, 0.1) is 41.9 Å². The molecular formula is C21H21N5O2. The van der Waals surface area contributed by atoms with Crippen LogP contribution in [0.3, 0.4) is 0 Å². The Hall–Kier alpha value is -3.19. The summed E-state index contributed by atoms with van der Waals surface area (Å²) in [5.41, 5.74) is 4.35. The average Bonchev–Trinajstić information content (AvgIpc) is 3.42. The lowest BCUT2D eigenvalue weighted by molar-refractivity contribution is 0.123. The number of aliphatic hydroxyl groups excluding tert-OH is 1. The van der Waals surface area contributed by atoms with Crippen molar-refractivity contribution in [2.24, 2.45) is 0 Å². The van der Waals surface area contributed by atoms with Crippen LogP contribution in [0, 0.1) is 0 Å². The third-order valence-electron chi connectivity index (χ3n) is 5.39. The van der Waals surface area contributed by atoms with Crippen LogP contribution in [-0.2, 0) is 0 Å². The second-order valence-corrected chi connectivity index (χ2v) is 7.16. The van der Waals surface area contributed by atoms with Crippen molar-refractivity contribution < 1.29 is 9.52 Å². The summed E-state index contributed by atoms with van der Waals surface area (Å²) in [5, 5.41) is 10.00. The van der Waals surface area contributed by atoms with Crippen molar-refractivity contribution in [3.05, 3.63) is 55.4 Å². The Bertz CT molecular complexity index is 1070. The van der Waals surface area contributed by atoms with Gasteiger partial charge in [0.25, 0.3) is 0 Å². The second kappa shape index (κ2) is 7.09. The Labute approximate surface area is 162 Å². The van der Waals surface area contributed by atoms with E-state index in [4.69, 9.17) is 9.40 Å². The van der Waals surface area contributed by atoms with Gasteiger partial charge in [-0.15, -0.1) is 0 Å². The molecule has 0 radical (unpaired) electrons. The molecule has 0 saturated heterocycles. The van der Waals surface area contributed by atoms with Crippen molar-refractivity contribution >= 4 is 22.7 Å². The Balaban J connectivity index is 1.64. The van der Waals surface area contributed by atoms with Crippen LogP contribution < -0.4 is 4.90 Å². The predicted molar refractivity (Wildman–Crippen MR) is 106 cm³/mol. The Morgan fingerprint density at radius 1 is 1.07 bits per heavy atom. The molecule has 7 heteroatoms. The molecule has 2 N–H and O–H groups in total. The minimum atomic E-state index is -0.220. The van der Waals surface area contributed by atoms with Crippen LogP contribution in [0.4, 0.5) is 11.5 Å². The molecule has 0 spiro atoms. The van der Waals surface area contributed by atoms with Gasteiger partial charge in [-0.1, -0.05) is 0 Å². The molecule has 4 aromatic rings. The quantitative estimate of drug-likeness (QED) is 0.559. The minimum Gasteiger partial charge on any atom is -0.472 e. The van der Waals surface area contributed by atoms with Crippen LogP contribution in [0.1, 0.15) is 25.7 Å². The van der Waals surface area contributed by atoms with Gasteiger partial charge in [-0.2, -0.15) is 0 Å². The van der Waals surface area contributed by atoms with E-state index in [-0.39, 0.29) is 12.1 Å². The number of hydrogen-bond donors (Lipinski definition) is 2. The first kappa shape index (κ1) is 16.9. The van der Waals surface area contributed by atoms with Crippen molar-refractivity contribution in [3.63, 3.8) is 0 Å². The highest BCUT2D eigenvalue weighted by Crippen LogP contribution is 2.38. The molecule has 0 atom stereocenters. The first-order valence-electron chi connectivity index (χ1n) is 9.54. The minimum absolute atomic E-state index is 0.220. The zero-order chi connectivity index (χ0) is 18.9. The lowest BCUT2D eigenvalue weighted by Crippen LogP contribution is -2.36. The largest absolute Gasteiger partial charge is 0.472 e. The summed E-state index contributed by atoms with van der Waals surface area (Å²) in [6.45, 7) is 0. The number of nitrogens with zero attached hydrogens (tertiary/aromatic N) is 4. The molecule has 142 valence electrons. The lowest BCUT2D eigenvalue weighted by atomic mass is 9.91. The molecule has 4 aromatic heterocycles. The van der Waals surface area contributed by atoms with E-state index in [2.05, 4.69) is 25.9 Å². The van der Waals surface area contributed by atoms with Crippen LogP contribution in [0.25, 0.3) is 22.4 Å². The molecule has 1 aliphatic carbocycles. The van der Waals surface area contributed by atoms with E-state index in [1.165, 1.54) is 0 Å². The van der Waals surface area contributed by atoms with Gasteiger partial charge < -0.3 is 19.4 Å². The summed E-state index contributed by atoms with van der Waals surface area (Å²) in [6.07, 6.45) is 9.94. The summed E-state index contributed by atoms with van der Waals surface area (Å²) in [7, 11) is 0. The van der Waals surface area contributed by atoms with Gasteiger partial charge in [0.15, 0.2) is 5.65 Å². The maximum Gasteiger partial charge on any atom is 0.179 e. The fourth-order valence-corrected chi connectivity index (χ4v) is 3.98. The molecule has 5 rings (SSSR count). The fraction of sp³-hybridized carbons (Fsp3) is 0.286. The van der Waals surface area contributed by atoms with E-state index in [1.807, 2.05) is 24.3 Å². The molecular weight excluding hydrogens is 354 g/mol. The van der Waals surface area contributed by atoms with Gasteiger partial charge in [-0.25, -0.2) is 9.97 Å². The van der Waals surface area contributed by atoms with Gasteiger partial charge >= 0.3 is 0 Å². The molecule has 0 unspecified atom stereocenters. The number of anilines is 2. The molecule has 1 fully saturated rings. The Morgan fingerprint density at radius 3 is 2.79 bits per heavy atom. The first-order chi connectivity index (χ1) is 13.8. The number of aromatic nitrogens is 4. The van der Waals surface area contributed by atoms with Crippen molar-refractivity contribution in [2.45, 2.75) is 37.8 Å². The van der Waals surface area contributed by atoms with Crippen molar-refractivity contribution in [1.82, 2.24) is 19.9 Å². The van der Waals surface area contributed by atoms with E-state index in [1.54, 1.807) is 25.1 Å². The normalized spacial score (nSPS) is 19.8. The van der Waals surface area contributed by atoms with Gasteiger partial charge in [0.1, 0.15) is 5.82 Å². The molecule has 0 aliphatic heterocycles. The maximum absolute atomic E-state index is 10.00. The first-order valence-corrected chi connectivity index (χ1v) is 9.54. The van der Waals surface area contributed by atoms with E-state index in [9.17, 15) is 5.11 Å². The van der Waals surface area contributed by atoms with Crippen LogP contribution in [0.2, 0.25) is 0 Å². The zero-order valence-electron chi connectivity index (χ0n) is 15.3. The molecule has 28 heavy (non-hydrogen) atoms. The van der Waals surface area contributed by atoms with Crippen molar-refractivity contribution in [2.75, 3.05) is 4.90 Å². The van der Waals surface area contributed by atoms with E-state index in [0.29, 0.717) is 5.65 Å². The number of pyridine rings is 2. The van der Waals surface area contributed by atoms with Crippen LogP contribution >= 0.6 is 0 Å². The van der Waals surface area contributed by atoms with Crippen LogP contribution in [-0.4, -0.2) is 37.2 Å². The van der Waals surface area contributed by atoms with Gasteiger partial charge in [0, 0.05) is 17.8 Å². The summed E-state index contributed by atoms with van der Waals surface area (Å²) in [4.78, 5) is 19.1. The fourth-order valence-electron chi connectivity index (χ4n) is 3.98. The third kappa shape index (κ3) is 3.03. The number of aliphatic hydroxyl groups is 1. The third-order valence-corrected chi connectivity index (χ3v) is 5.39. The van der Waals surface area contributed by atoms with E-state index < -0.39 is 0 Å². The van der Waals surface area contributed by atoms with Gasteiger partial charge in [-0.05, 0) is 56.0 Å². The maximum atomic E-state index is 10.00. The Kier molecular flexibility index (Phi) is 4.29. The Morgan fingerprint density at radius 2 is 1.96 bits per heavy atom. The predicted octanol–water partition coefficient (Wildman–Crippen LogP) is 4.05. The number of H-pyrrole nitrogens is 1. The average molecular weight is 375 g/mol. The number of fused-ring (bicyclic) bond motifs is 1. The summed E-state index contributed by atoms with van der Waals surface area (Å²) in [5.74, 6) is 0.832. The van der Waals surface area contributed by atoms with E-state index >= 15 is 0 Å². The summed E-state index contributed by atoms with van der Waals surface area (Å²) in [6, 6.07) is 10.2. The van der Waals surface area contributed by atoms with Crippen LogP contribution in [0.15, 0.2) is 59.8 Å². The highest BCUT2D eigenvalue weighted by atomic mass is 16.3. The molecule has 4 heterocycles. The highest BCUT2D eigenvalue weighted by Gasteiger charge is 2.29. The number of imidazole rings is 1. The highest BCUT2D eigenvalue weighted by molar-refractivity contribution is 5.80. The zero-order valence-corrected chi connectivity index (χ0v) is 15.3. The number of rotatable bonds is 4. The smallest absolute Gasteiger partial charge is 0.179 e. The number of aromatic amines is 1. The number of nitrogens with one attached hydrogen (secondary N) is 1. The molecule has 0 amide bonds. The SMILES string of the molecule is OC1CCC(N(c2ccc3[nH]cnc3n2)c2cccnc2-c2ccoc2)CC1. The molecule has 1 aliphatic rings. The topological polar surface area (TPSA) is 91.1 Å². The van der Waals surface area contributed by atoms with Gasteiger partial charge in [0.2, 0.25) is 0 Å². The second-order valence-electron chi connectivity index (χ2n) is 7.16. The number of hydrogen-bond acceptors (Lipinski definition) is 6. The van der Waals surface area contributed by atoms with Gasteiger partial charge in [-0.3, -0.25) is 4.98 Å². The summed E-state index contributed by atoms with van der Waals surface area (Å²) >= 11 is 0. The molecule has 7 nitrogen and oxygen atoms in total. The standard InChI is InChI=1S/C21H21N5O2/c27-16-5-3-15(4-6-16)26(19-8-7-17-21(25-19)24-13-23-17)18-2-1-10-22-20(18)14-9-11-28-12-14/h1-2,7-13,15-16,27H,3-6H2,(H,23,24,25). The van der Waals surface area contributed by atoms with Crippen molar-refractivity contribution in [3.8, 4) is 11.3 Å². The lowest BCUT2D eigenvalue weighted by Gasteiger charge is -2.37. The summed E-state index contributed by atoms with van der Waals surface area (Å²) < 4.78 is 5.29. The molecule has 0 aromatic carbocycles.